The third-order valence-electron chi connectivity index (χ3n) is 1.34. The van der Waals surface area contributed by atoms with E-state index in [2.05, 4.69) is 4.98 Å². The maximum Gasteiger partial charge on any atom is 0.196 e. The molecule has 0 saturated heterocycles. The van der Waals surface area contributed by atoms with Gasteiger partial charge in [0.05, 0.1) is 5.75 Å². The molecule has 82 valence electrons. The van der Waals surface area contributed by atoms with Gasteiger partial charge in [-0.15, -0.1) is 24.8 Å². The predicted molar refractivity (Wildman–Crippen MR) is 59.8 cm³/mol. The van der Waals surface area contributed by atoms with Crippen molar-refractivity contribution in [2.24, 2.45) is 5.73 Å². The SMILES string of the molecule is Cl.Cl.NCCS(=O)(=O)c1ccccn1. The first kappa shape index (κ1) is 16.1. The molecule has 0 aromatic carbocycles. The highest BCUT2D eigenvalue weighted by atomic mass is 35.5. The van der Waals surface area contributed by atoms with Crippen LogP contribution in [0.2, 0.25) is 0 Å². The fraction of sp³-hybridized carbons (Fsp3) is 0.286. The molecule has 7 heteroatoms. The minimum absolute atomic E-state index is 0. The van der Waals surface area contributed by atoms with E-state index >= 15 is 0 Å². The first-order valence-corrected chi connectivity index (χ1v) is 5.16. The lowest BCUT2D eigenvalue weighted by molar-refractivity contribution is 0.592. The molecule has 0 amide bonds. The third-order valence-corrected chi connectivity index (χ3v) is 2.99. The largest absolute Gasteiger partial charge is 0.329 e. The molecular weight excluding hydrogens is 247 g/mol. The lowest BCUT2D eigenvalue weighted by atomic mass is 10.5. The van der Waals surface area contributed by atoms with Gasteiger partial charge in [0.1, 0.15) is 0 Å². The average Bonchev–Trinajstić information content (AvgIpc) is 2.06. The molecule has 0 atom stereocenters. The van der Waals surface area contributed by atoms with Crippen LogP contribution < -0.4 is 5.73 Å². The van der Waals surface area contributed by atoms with Crippen molar-refractivity contribution in [3.05, 3.63) is 24.4 Å². The number of hydrogen-bond acceptors (Lipinski definition) is 4. The Morgan fingerprint density at radius 2 is 1.93 bits per heavy atom. The summed E-state index contributed by atoms with van der Waals surface area (Å²) < 4.78 is 22.6. The van der Waals surface area contributed by atoms with Crippen molar-refractivity contribution in [1.29, 1.82) is 0 Å². The Morgan fingerprint density at radius 3 is 2.36 bits per heavy atom. The Labute approximate surface area is 95.7 Å². The molecule has 0 bridgehead atoms. The maximum absolute atomic E-state index is 11.3. The highest BCUT2D eigenvalue weighted by molar-refractivity contribution is 7.91. The van der Waals surface area contributed by atoms with Crippen molar-refractivity contribution in [3.8, 4) is 0 Å². The predicted octanol–water partition coefficient (Wildman–Crippen LogP) is 0.658. The summed E-state index contributed by atoms with van der Waals surface area (Å²) in [5, 5.41) is 0.0930. The van der Waals surface area contributed by atoms with E-state index in [9.17, 15) is 8.42 Å². The molecule has 0 aliphatic heterocycles. The standard InChI is InChI=1S/C7H10N2O2S.2ClH/c8-4-6-12(10,11)7-3-1-2-5-9-7;;/h1-3,5H,4,6,8H2;2*1H. The van der Waals surface area contributed by atoms with E-state index in [4.69, 9.17) is 5.73 Å². The Balaban J connectivity index is 0. The van der Waals surface area contributed by atoms with Crippen molar-refractivity contribution in [2.45, 2.75) is 5.03 Å². The van der Waals surface area contributed by atoms with Crippen molar-refractivity contribution in [2.75, 3.05) is 12.3 Å². The number of nitrogens with zero attached hydrogens (tertiary/aromatic N) is 1. The van der Waals surface area contributed by atoms with Gasteiger partial charge in [0.2, 0.25) is 0 Å². The summed E-state index contributed by atoms with van der Waals surface area (Å²) in [6.45, 7) is 0.124. The topological polar surface area (TPSA) is 73.1 Å². The zero-order valence-corrected chi connectivity index (χ0v) is 9.74. The van der Waals surface area contributed by atoms with Crippen molar-refractivity contribution >= 4 is 34.7 Å². The average molecular weight is 259 g/mol. The zero-order valence-electron chi connectivity index (χ0n) is 7.29. The number of halogens is 2. The van der Waals surface area contributed by atoms with E-state index in [1.807, 2.05) is 0 Å². The van der Waals surface area contributed by atoms with Gasteiger partial charge in [0.25, 0.3) is 0 Å². The molecule has 0 spiro atoms. The normalized spacial score (nSPS) is 9.79. The molecule has 1 heterocycles. The molecule has 1 aromatic heterocycles. The molecular formula is C7H12Cl2N2O2S. The van der Waals surface area contributed by atoms with Crippen molar-refractivity contribution in [1.82, 2.24) is 4.98 Å². The molecule has 0 saturated carbocycles. The van der Waals surface area contributed by atoms with Crippen LogP contribution in [0, 0.1) is 0 Å². The second-order valence-corrected chi connectivity index (χ2v) is 4.33. The molecule has 0 unspecified atom stereocenters. The molecule has 1 rings (SSSR count). The van der Waals surface area contributed by atoms with Crippen molar-refractivity contribution in [3.63, 3.8) is 0 Å². The Bertz CT molecular complexity index is 342. The molecule has 0 aliphatic carbocycles. The van der Waals surface area contributed by atoms with Gasteiger partial charge in [-0.25, -0.2) is 13.4 Å². The molecule has 0 aliphatic rings. The summed E-state index contributed by atoms with van der Waals surface area (Å²) in [6, 6.07) is 4.77. The van der Waals surface area contributed by atoms with Crippen LogP contribution in [0.15, 0.2) is 29.4 Å². The van der Waals surface area contributed by atoms with Crippen LogP contribution in [-0.2, 0) is 9.84 Å². The smallest absolute Gasteiger partial charge is 0.196 e. The lowest BCUT2D eigenvalue weighted by Gasteiger charge is -1.99. The van der Waals surface area contributed by atoms with Crippen LogP contribution in [0.4, 0.5) is 0 Å². The number of rotatable bonds is 3. The number of hydrogen-bond donors (Lipinski definition) is 1. The van der Waals surface area contributed by atoms with E-state index < -0.39 is 9.84 Å². The highest BCUT2D eigenvalue weighted by Crippen LogP contribution is 2.04. The molecule has 14 heavy (non-hydrogen) atoms. The van der Waals surface area contributed by atoms with Gasteiger partial charge in [-0.05, 0) is 12.1 Å². The number of pyridine rings is 1. The van der Waals surface area contributed by atoms with Gasteiger partial charge in [-0.3, -0.25) is 0 Å². The molecule has 2 N–H and O–H groups in total. The number of sulfone groups is 1. The van der Waals surface area contributed by atoms with E-state index in [-0.39, 0.29) is 42.1 Å². The van der Waals surface area contributed by atoms with Gasteiger partial charge < -0.3 is 5.73 Å². The van der Waals surface area contributed by atoms with Crippen LogP contribution >= 0.6 is 24.8 Å². The number of nitrogens with two attached hydrogens (primary N) is 1. The number of aromatic nitrogens is 1. The summed E-state index contributed by atoms with van der Waals surface area (Å²) in [5.41, 5.74) is 5.15. The van der Waals surface area contributed by atoms with Crippen LogP contribution in [0.1, 0.15) is 0 Å². The monoisotopic (exact) mass is 258 g/mol. The first-order chi connectivity index (χ1) is 5.67. The quantitative estimate of drug-likeness (QED) is 0.865. The summed E-state index contributed by atoms with van der Waals surface area (Å²) in [6.07, 6.45) is 1.45. The zero-order chi connectivity index (χ0) is 9.03. The van der Waals surface area contributed by atoms with Gasteiger partial charge in [0.15, 0.2) is 14.9 Å². The van der Waals surface area contributed by atoms with Gasteiger partial charge in [-0.1, -0.05) is 6.07 Å². The van der Waals surface area contributed by atoms with E-state index in [1.54, 1.807) is 12.1 Å². The van der Waals surface area contributed by atoms with Gasteiger partial charge >= 0.3 is 0 Å². The summed E-state index contributed by atoms with van der Waals surface area (Å²) in [7, 11) is -3.25. The first-order valence-electron chi connectivity index (χ1n) is 3.50. The second kappa shape index (κ2) is 7.00. The van der Waals surface area contributed by atoms with Crippen LogP contribution in [0.3, 0.4) is 0 Å². The van der Waals surface area contributed by atoms with E-state index in [0.29, 0.717) is 0 Å². The van der Waals surface area contributed by atoms with Crippen molar-refractivity contribution < 1.29 is 8.42 Å². The summed E-state index contributed by atoms with van der Waals surface area (Å²) in [5.74, 6) is -0.0516. The molecule has 0 fully saturated rings. The lowest BCUT2D eigenvalue weighted by Crippen LogP contribution is -2.16. The summed E-state index contributed by atoms with van der Waals surface area (Å²) >= 11 is 0. The highest BCUT2D eigenvalue weighted by Gasteiger charge is 2.13. The Morgan fingerprint density at radius 1 is 1.29 bits per heavy atom. The van der Waals surface area contributed by atoms with Gasteiger partial charge in [0, 0.05) is 12.7 Å². The van der Waals surface area contributed by atoms with E-state index in [0.717, 1.165) is 0 Å². The van der Waals surface area contributed by atoms with E-state index in [1.165, 1.54) is 12.3 Å². The fourth-order valence-corrected chi connectivity index (χ4v) is 1.82. The molecule has 4 nitrogen and oxygen atoms in total. The maximum atomic E-state index is 11.3. The minimum Gasteiger partial charge on any atom is -0.329 e. The minimum atomic E-state index is -3.25. The summed E-state index contributed by atoms with van der Waals surface area (Å²) in [4.78, 5) is 3.73. The Kier molecular flexibility index (Phi) is 8.04. The van der Waals surface area contributed by atoms with Crippen LogP contribution in [0.25, 0.3) is 0 Å². The fourth-order valence-electron chi connectivity index (χ4n) is 0.791. The van der Waals surface area contributed by atoms with Crippen LogP contribution in [-0.4, -0.2) is 25.7 Å². The van der Waals surface area contributed by atoms with Crippen LogP contribution in [0.5, 0.6) is 0 Å². The Hall–Kier alpha value is -0.360. The van der Waals surface area contributed by atoms with Gasteiger partial charge in [-0.2, -0.15) is 0 Å². The molecule has 1 aromatic rings. The molecule has 0 radical (unpaired) electrons. The third kappa shape index (κ3) is 4.23. The second-order valence-electron chi connectivity index (χ2n) is 2.28.